The van der Waals surface area contributed by atoms with E-state index < -0.39 is 0 Å². The molecule has 0 bridgehead atoms. The molecule has 0 aliphatic carbocycles. The molecule has 2 aromatic rings. The number of nitrogens with zero attached hydrogens (tertiary/aromatic N) is 1. The highest BCUT2D eigenvalue weighted by molar-refractivity contribution is 6.36. The number of carbonyl (C=O) groups is 1. The van der Waals surface area contributed by atoms with Crippen molar-refractivity contribution in [1.29, 1.82) is 0 Å². The highest BCUT2D eigenvalue weighted by Crippen LogP contribution is 2.25. The van der Waals surface area contributed by atoms with Crippen LogP contribution >= 0.6 is 23.2 Å². The fraction of sp³-hybridized carbons (Fsp3) is 0.0909. The lowest BCUT2D eigenvalue weighted by atomic mass is 10.2. The maximum atomic E-state index is 11.7. The number of benzene rings is 1. The van der Waals surface area contributed by atoms with Crippen molar-refractivity contribution >= 4 is 34.8 Å². The monoisotopic (exact) mass is 269 g/mol. The van der Waals surface area contributed by atoms with E-state index in [0.29, 0.717) is 15.7 Å². The highest BCUT2D eigenvalue weighted by Gasteiger charge is 2.07. The second-order valence-electron chi connectivity index (χ2n) is 3.43. The van der Waals surface area contributed by atoms with Crippen LogP contribution in [0.4, 0.5) is 5.69 Å². The van der Waals surface area contributed by atoms with Crippen LogP contribution in [0.25, 0.3) is 0 Å². The van der Waals surface area contributed by atoms with Crippen molar-refractivity contribution < 1.29 is 4.79 Å². The molecule has 1 aromatic carbocycles. The van der Waals surface area contributed by atoms with E-state index in [-0.39, 0.29) is 12.3 Å². The number of H-pyrrole nitrogens is 1. The SMILES string of the molecule is O=C(Cc1ccn[nH]1)Nc1ccc(Cl)cc1Cl. The molecule has 0 aliphatic rings. The van der Waals surface area contributed by atoms with Crippen LogP contribution in [0.3, 0.4) is 0 Å². The molecule has 88 valence electrons. The first-order valence-corrected chi connectivity index (χ1v) is 5.64. The van der Waals surface area contributed by atoms with E-state index in [2.05, 4.69) is 15.5 Å². The molecular formula is C11H9Cl2N3O. The number of aromatic nitrogens is 2. The average molecular weight is 270 g/mol. The summed E-state index contributed by atoms with van der Waals surface area (Å²) in [6, 6.07) is 6.65. The predicted molar refractivity (Wildman–Crippen MR) is 67.4 cm³/mol. The van der Waals surface area contributed by atoms with Crippen LogP contribution in [0.15, 0.2) is 30.5 Å². The van der Waals surface area contributed by atoms with E-state index in [4.69, 9.17) is 23.2 Å². The number of aromatic amines is 1. The van der Waals surface area contributed by atoms with Gasteiger partial charge < -0.3 is 5.32 Å². The van der Waals surface area contributed by atoms with Gasteiger partial charge in [-0.1, -0.05) is 23.2 Å². The average Bonchev–Trinajstić information content (AvgIpc) is 2.75. The van der Waals surface area contributed by atoms with Crippen LogP contribution in [-0.2, 0) is 11.2 Å². The number of nitrogens with one attached hydrogen (secondary N) is 2. The van der Waals surface area contributed by atoms with Crippen molar-refractivity contribution in [1.82, 2.24) is 10.2 Å². The first-order chi connectivity index (χ1) is 8.15. The lowest BCUT2D eigenvalue weighted by Crippen LogP contribution is -2.14. The lowest BCUT2D eigenvalue weighted by Gasteiger charge is -2.06. The van der Waals surface area contributed by atoms with E-state index in [1.807, 2.05) is 0 Å². The maximum absolute atomic E-state index is 11.7. The van der Waals surface area contributed by atoms with Gasteiger partial charge in [-0.3, -0.25) is 9.89 Å². The van der Waals surface area contributed by atoms with E-state index >= 15 is 0 Å². The Hall–Kier alpha value is -1.52. The van der Waals surface area contributed by atoms with Gasteiger partial charge in [0.15, 0.2) is 0 Å². The molecule has 1 heterocycles. The topological polar surface area (TPSA) is 57.8 Å². The number of hydrogen-bond donors (Lipinski definition) is 2. The fourth-order valence-corrected chi connectivity index (χ4v) is 1.80. The first-order valence-electron chi connectivity index (χ1n) is 4.88. The molecular weight excluding hydrogens is 261 g/mol. The van der Waals surface area contributed by atoms with E-state index in [0.717, 1.165) is 5.69 Å². The minimum atomic E-state index is -0.168. The number of amides is 1. The van der Waals surface area contributed by atoms with E-state index in [1.165, 1.54) is 0 Å². The van der Waals surface area contributed by atoms with Gasteiger partial charge >= 0.3 is 0 Å². The van der Waals surface area contributed by atoms with Crippen molar-refractivity contribution in [2.45, 2.75) is 6.42 Å². The van der Waals surface area contributed by atoms with Crippen LogP contribution in [0, 0.1) is 0 Å². The van der Waals surface area contributed by atoms with Crippen molar-refractivity contribution in [3.63, 3.8) is 0 Å². The van der Waals surface area contributed by atoms with Crippen LogP contribution in [0.2, 0.25) is 10.0 Å². The molecule has 17 heavy (non-hydrogen) atoms. The van der Waals surface area contributed by atoms with Crippen LogP contribution in [0.1, 0.15) is 5.69 Å². The molecule has 0 atom stereocenters. The summed E-state index contributed by atoms with van der Waals surface area (Å²) < 4.78 is 0. The van der Waals surface area contributed by atoms with Gasteiger partial charge in [0.25, 0.3) is 0 Å². The van der Waals surface area contributed by atoms with Gasteiger partial charge in [0.1, 0.15) is 0 Å². The van der Waals surface area contributed by atoms with Gasteiger partial charge in [-0.2, -0.15) is 5.10 Å². The molecule has 0 spiro atoms. The third-order valence-electron chi connectivity index (χ3n) is 2.11. The second kappa shape index (κ2) is 5.21. The van der Waals surface area contributed by atoms with Crippen LogP contribution in [-0.4, -0.2) is 16.1 Å². The van der Waals surface area contributed by atoms with Gasteiger partial charge in [-0.05, 0) is 24.3 Å². The Balaban J connectivity index is 2.03. The number of rotatable bonds is 3. The molecule has 0 radical (unpaired) electrons. The second-order valence-corrected chi connectivity index (χ2v) is 4.27. The highest BCUT2D eigenvalue weighted by atomic mass is 35.5. The fourth-order valence-electron chi connectivity index (χ4n) is 1.34. The van der Waals surface area contributed by atoms with Gasteiger partial charge in [0.2, 0.25) is 5.91 Å². The van der Waals surface area contributed by atoms with Crippen LogP contribution < -0.4 is 5.32 Å². The number of halogens is 2. The summed E-state index contributed by atoms with van der Waals surface area (Å²) in [7, 11) is 0. The number of hydrogen-bond acceptors (Lipinski definition) is 2. The van der Waals surface area contributed by atoms with Gasteiger partial charge in [0, 0.05) is 16.9 Å². The molecule has 0 aliphatic heterocycles. The van der Waals surface area contributed by atoms with Gasteiger partial charge in [-0.15, -0.1) is 0 Å². The number of anilines is 1. The predicted octanol–water partition coefficient (Wildman–Crippen LogP) is 2.90. The van der Waals surface area contributed by atoms with Gasteiger partial charge in [0.05, 0.1) is 17.1 Å². The Labute approximate surface area is 108 Å². The lowest BCUT2D eigenvalue weighted by molar-refractivity contribution is -0.115. The first kappa shape index (κ1) is 12.0. The zero-order valence-electron chi connectivity index (χ0n) is 8.71. The molecule has 0 saturated carbocycles. The summed E-state index contributed by atoms with van der Waals surface area (Å²) in [4.78, 5) is 11.7. The maximum Gasteiger partial charge on any atom is 0.230 e. The Kier molecular flexibility index (Phi) is 3.66. The minimum Gasteiger partial charge on any atom is -0.324 e. The standard InChI is InChI=1S/C11H9Cl2N3O/c12-7-1-2-10(9(13)5-7)15-11(17)6-8-3-4-14-16-8/h1-5H,6H2,(H,14,16)(H,15,17). The molecule has 2 rings (SSSR count). The summed E-state index contributed by atoms with van der Waals surface area (Å²) in [6.45, 7) is 0. The third kappa shape index (κ3) is 3.22. The Morgan fingerprint density at radius 3 is 2.82 bits per heavy atom. The van der Waals surface area contributed by atoms with Gasteiger partial charge in [-0.25, -0.2) is 0 Å². The summed E-state index contributed by atoms with van der Waals surface area (Å²) in [5, 5.41) is 10.1. The van der Waals surface area contributed by atoms with Crippen molar-refractivity contribution in [3.8, 4) is 0 Å². The molecule has 0 saturated heterocycles. The zero-order chi connectivity index (χ0) is 12.3. The van der Waals surface area contributed by atoms with Crippen molar-refractivity contribution in [3.05, 3.63) is 46.2 Å². The molecule has 0 unspecified atom stereocenters. The largest absolute Gasteiger partial charge is 0.324 e. The van der Waals surface area contributed by atoms with E-state index in [9.17, 15) is 4.79 Å². The Morgan fingerprint density at radius 1 is 1.35 bits per heavy atom. The summed E-state index contributed by atoms with van der Waals surface area (Å²) >= 11 is 11.7. The third-order valence-corrected chi connectivity index (χ3v) is 2.66. The van der Waals surface area contributed by atoms with E-state index in [1.54, 1.807) is 30.5 Å². The molecule has 1 aromatic heterocycles. The smallest absolute Gasteiger partial charge is 0.230 e. The molecule has 1 amide bonds. The molecule has 4 nitrogen and oxygen atoms in total. The van der Waals surface area contributed by atoms with Crippen molar-refractivity contribution in [2.24, 2.45) is 0 Å². The summed E-state index contributed by atoms with van der Waals surface area (Å²) in [6.07, 6.45) is 1.82. The van der Waals surface area contributed by atoms with Crippen LogP contribution in [0.5, 0.6) is 0 Å². The Bertz CT molecular complexity index is 526. The normalized spacial score (nSPS) is 10.2. The minimum absolute atomic E-state index is 0.168. The quantitative estimate of drug-likeness (QED) is 0.900. The summed E-state index contributed by atoms with van der Waals surface area (Å²) in [5.41, 5.74) is 1.29. The zero-order valence-corrected chi connectivity index (χ0v) is 10.2. The number of carbonyl (C=O) groups excluding carboxylic acids is 1. The summed E-state index contributed by atoms with van der Waals surface area (Å²) in [5.74, 6) is -0.168. The Morgan fingerprint density at radius 2 is 2.18 bits per heavy atom. The molecule has 0 fully saturated rings. The molecule has 2 N–H and O–H groups in total. The van der Waals surface area contributed by atoms with Crippen molar-refractivity contribution in [2.75, 3.05) is 5.32 Å². The molecule has 6 heteroatoms.